The maximum Gasteiger partial charge on any atom is 0.0640 e. The minimum Gasteiger partial charge on any atom is -0.309 e. The Labute approximate surface area is 296 Å². The molecule has 0 saturated heterocycles. The number of aromatic nitrogens is 1. The molecule has 8 aromatic carbocycles. The van der Waals surface area contributed by atoms with Crippen molar-refractivity contribution in [1.82, 2.24) is 4.57 Å². The molecule has 0 saturated carbocycles. The number of anilines is 3. The third-order valence-corrected chi connectivity index (χ3v) is 12.5. The van der Waals surface area contributed by atoms with E-state index in [2.05, 4.69) is 179 Å². The molecule has 2 nitrogen and oxygen atoms in total. The van der Waals surface area contributed by atoms with Crippen molar-refractivity contribution in [2.45, 2.75) is 0 Å². The lowest BCUT2D eigenvalue weighted by molar-refractivity contribution is 1.18. The maximum atomic E-state index is 2.51. The first kappa shape index (κ1) is 28.0. The van der Waals surface area contributed by atoms with Gasteiger partial charge in [0.25, 0.3) is 0 Å². The van der Waals surface area contributed by atoms with Crippen LogP contribution in [0.25, 0.3) is 78.6 Å². The zero-order chi connectivity index (χ0) is 32.8. The monoisotopic (exact) mass is 672 g/mol. The molecular formula is C46H28N2S2. The van der Waals surface area contributed by atoms with Crippen LogP contribution in [0.2, 0.25) is 0 Å². The van der Waals surface area contributed by atoms with Gasteiger partial charge in [-0.3, -0.25) is 0 Å². The van der Waals surface area contributed by atoms with Gasteiger partial charge in [-0.05, 0) is 83.6 Å². The minimum absolute atomic E-state index is 1.15. The molecule has 0 aliphatic rings. The molecule has 4 heteroatoms. The van der Waals surface area contributed by atoms with Gasteiger partial charge in [0.2, 0.25) is 0 Å². The second kappa shape index (κ2) is 10.8. The van der Waals surface area contributed by atoms with Gasteiger partial charge in [0.15, 0.2) is 0 Å². The summed E-state index contributed by atoms with van der Waals surface area (Å²) < 4.78 is 7.65. The summed E-state index contributed by atoms with van der Waals surface area (Å²) in [6, 6.07) is 62.5. The predicted octanol–water partition coefficient (Wildman–Crippen LogP) is 14.1. The Morgan fingerprint density at radius 3 is 1.92 bits per heavy atom. The third kappa shape index (κ3) is 4.07. The summed E-state index contributed by atoms with van der Waals surface area (Å²) in [4.78, 5) is 2.51. The van der Waals surface area contributed by atoms with E-state index in [0.717, 1.165) is 11.4 Å². The second-order valence-corrected chi connectivity index (χ2v) is 15.1. The average molecular weight is 673 g/mol. The summed E-state index contributed by atoms with van der Waals surface area (Å²) in [7, 11) is 0. The van der Waals surface area contributed by atoms with Gasteiger partial charge in [0.05, 0.1) is 27.1 Å². The van der Waals surface area contributed by atoms with E-state index < -0.39 is 0 Å². The Bertz CT molecular complexity index is 3110. The average Bonchev–Trinajstić information content (AvgIpc) is 3.84. The molecule has 11 aromatic rings. The molecule has 234 valence electrons. The van der Waals surface area contributed by atoms with Crippen LogP contribution in [0, 0.1) is 0 Å². The molecule has 0 N–H and O–H groups in total. The normalized spacial score (nSPS) is 12.0. The van der Waals surface area contributed by atoms with E-state index in [-0.39, 0.29) is 0 Å². The highest BCUT2D eigenvalue weighted by atomic mass is 32.1. The summed E-state index contributed by atoms with van der Waals surface area (Å²) in [5.74, 6) is 0. The molecule has 0 unspecified atom stereocenters. The Balaban J connectivity index is 1.24. The van der Waals surface area contributed by atoms with Crippen molar-refractivity contribution in [3.8, 4) is 5.69 Å². The zero-order valence-corrected chi connectivity index (χ0v) is 28.5. The second-order valence-electron chi connectivity index (χ2n) is 12.9. The van der Waals surface area contributed by atoms with Crippen LogP contribution < -0.4 is 4.90 Å². The van der Waals surface area contributed by atoms with Crippen LogP contribution in [-0.2, 0) is 0 Å². The molecule has 0 fully saturated rings. The van der Waals surface area contributed by atoms with Crippen LogP contribution in [0.4, 0.5) is 17.1 Å². The van der Waals surface area contributed by atoms with Crippen LogP contribution in [0.1, 0.15) is 0 Å². The van der Waals surface area contributed by atoms with Crippen molar-refractivity contribution < 1.29 is 0 Å². The number of hydrogen-bond acceptors (Lipinski definition) is 3. The van der Waals surface area contributed by atoms with Gasteiger partial charge in [0, 0.05) is 57.8 Å². The van der Waals surface area contributed by atoms with Crippen molar-refractivity contribution in [2.75, 3.05) is 4.90 Å². The molecule has 11 rings (SSSR count). The minimum atomic E-state index is 1.15. The summed E-state index contributed by atoms with van der Waals surface area (Å²) in [5, 5.41) is 10.2. The summed E-state index contributed by atoms with van der Waals surface area (Å²) in [6.07, 6.45) is 0. The van der Waals surface area contributed by atoms with E-state index in [1.807, 2.05) is 22.7 Å². The highest BCUT2D eigenvalue weighted by Crippen LogP contribution is 2.49. The van der Waals surface area contributed by atoms with Crippen LogP contribution in [0.15, 0.2) is 170 Å². The van der Waals surface area contributed by atoms with Crippen LogP contribution in [0.3, 0.4) is 0 Å². The van der Waals surface area contributed by atoms with Crippen molar-refractivity contribution >= 4 is 113 Å². The van der Waals surface area contributed by atoms with Gasteiger partial charge < -0.3 is 9.47 Å². The summed E-state index contributed by atoms with van der Waals surface area (Å²) in [6.45, 7) is 0. The standard InChI is InChI=1S/C46H28N2S2/c1-2-12-31(13-3-1)47-38-18-7-4-16-36(38)45-39(47)19-11-20-40(45)48(41-21-10-17-35-33-14-5-9-23-43(33)50-46(35)41)32-25-24-29-27-37-34-15-6-8-22-42(34)49-44(37)28-30(29)26-32/h1-28H. The molecule has 0 spiro atoms. The highest BCUT2D eigenvalue weighted by Gasteiger charge is 2.23. The molecule has 0 radical (unpaired) electrons. The maximum absolute atomic E-state index is 2.51. The molecule has 0 aliphatic heterocycles. The molecule has 3 aromatic heterocycles. The first-order valence-electron chi connectivity index (χ1n) is 16.9. The molecule has 3 heterocycles. The summed E-state index contributed by atoms with van der Waals surface area (Å²) in [5.41, 5.74) is 7.05. The Kier molecular flexibility index (Phi) is 6.03. The quantitative estimate of drug-likeness (QED) is 0.181. The van der Waals surface area contributed by atoms with E-state index in [1.165, 1.54) is 84.3 Å². The Morgan fingerprint density at radius 2 is 1.06 bits per heavy atom. The largest absolute Gasteiger partial charge is 0.309 e. The molecule has 0 bridgehead atoms. The van der Waals surface area contributed by atoms with E-state index in [9.17, 15) is 0 Å². The smallest absolute Gasteiger partial charge is 0.0640 e. The highest BCUT2D eigenvalue weighted by molar-refractivity contribution is 7.26. The number of benzene rings is 8. The van der Waals surface area contributed by atoms with E-state index in [4.69, 9.17) is 0 Å². The predicted molar refractivity (Wildman–Crippen MR) is 219 cm³/mol. The lowest BCUT2D eigenvalue weighted by Crippen LogP contribution is -2.10. The fourth-order valence-corrected chi connectivity index (χ4v) is 10.3. The first-order valence-corrected chi connectivity index (χ1v) is 18.6. The zero-order valence-electron chi connectivity index (χ0n) is 26.9. The van der Waals surface area contributed by atoms with Crippen LogP contribution >= 0.6 is 22.7 Å². The van der Waals surface area contributed by atoms with E-state index in [1.54, 1.807) is 0 Å². The van der Waals surface area contributed by atoms with Crippen molar-refractivity contribution in [1.29, 1.82) is 0 Å². The SMILES string of the molecule is c1ccc(-n2c3ccccc3c3c(N(c4ccc5cc6c(cc5c4)sc4ccccc46)c4cccc5c4sc4ccccc45)cccc32)cc1. The van der Waals surface area contributed by atoms with Gasteiger partial charge in [-0.1, -0.05) is 97.1 Å². The van der Waals surface area contributed by atoms with Crippen molar-refractivity contribution in [2.24, 2.45) is 0 Å². The van der Waals surface area contributed by atoms with E-state index in [0.29, 0.717) is 0 Å². The lowest BCUT2D eigenvalue weighted by Gasteiger charge is -2.27. The first-order chi connectivity index (χ1) is 24.8. The Morgan fingerprint density at radius 1 is 0.400 bits per heavy atom. The van der Waals surface area contributed by atoms with Crippen molar-refractivity contribution in [3.63, 3.8) is 0 Å². The topological polar surface area (TPSA) is 8.17 Å². The summed E-state index contributed by atoms with van der Waals surface area (Å²) >= 11 is 3.76. The van der Waals surface area contributed by atoms with Gasteiger partial charge in [-0.25, -0.2) is 0 Å². The molecule has 50 heavy (non-hydrogen) atoms. The number of para-hydroxylation sites is 2. The molecule has 0 amide bonds. The van der Waals surface area contributed by atoms with Crippen LogP contribution in [0.5, 0.6) is 0 Å². The Hall–Kier alpha value is -5.94. The number of rotatable bonds is 4. The molecular weight excluding hydrogens is 645 g/mol. The van der Waals surface area contributed by atoms with E-state index >= 15 is 0 Å². The fraction of sp³-hybridized carbons (Fsp3) is 0. The number of hydrogen-bond donors (Lipinski definition) is 0. The van der Waals surface area contributed by atoms with Gasteiger partial charge in [-0.15, -0.1) is 22.7 Å². The van der Waals surface area contributed by atoms with Gasteiger partial charge >= 0.3 is 0 Å². The van der Waals surface area contributed by atoms with Crippen molar-refractivity contribution in [3.05, 3.63) is 170 Å². The number of thiophene rings is 2. The fourth-order valence-electron chi connectivity index (χ4n) is 7.95. The lowest BCUT2D eigenvalue weighted by atomic mass is 10.0. The molecule has 0 atom stereocenters. The van der Waals surface area contributed by atoms with Gasteiger partial charge in [0.1, 0.15) is 0 Å². The van der Waals surface area contributed by atoms with Crippen LogP contribution in [-0.4, -0.2) is 4.57 Å². The number of nitrogens with zero attached hydrogens (tertiary/aromatic N) is 2. The molecule has 0 aliphatic carbocycles. The van der Waals surface area contributed by atoms with Gasteiger partial charge in [-0.2, -0.15) is 0 Å². The third-order valence-electron chi connectivity index (χ3n) is 10.1. The number of fused-ring (bicyclic) bond motifs is 10.